The molecule has 17 heavy (non-hydrogen) atoms. The number of hydrogen-bond acceptors (Lipinski definition) is 5. The molecule has 2 N–H and O–H groups in total. The van der Waals surface area contributed by atoms with Crippen molar-refractivity contribution in [2.45, 2.75) is 13.0 Å². The van der Waals surface area contributed by atoms with Crippen LogP contribution in [0.3, 0.4) is 0 Å². The molecule has 90 valence electrons. The van der Waals surface area contributed by atoms with Crippen molar-refractivity contribution < 1.29 is 9.15 Å². The van der Waals surface area contributed by atoms with Gasteiger partial charge in [0.2, 0.25) is 0 Å². The van der Waals surface area contributed by atoms with Crippen LogP contribution >= 0.6 is 0 Å². The van der Waals surface area contributed by atoms with Crippen LogP contribution in [0.15, 0.2) is 22.6 Å². The molecule has 3 rings (SSSR count). The van der Waals surface area contributed by atoms with Gasteiger partial charge in [-0.25, -0.2) is 0 Å². The Labute approximate surface area is 99.2 Å². The summed E-state index contributed by atoms with van der Waals surface area (Å²) in [6.07, 6.45) is 0.205. The van der Waals surface area contributed by atoms with Gasteiger partial charge in [0.1, 0.15) is 5.52 Å². The van der Waals surface area contributed by atoms with Crippen LogP contribution in [0.2, 0.25) is 0 Å². The Morgan fingerprint density at radius 3 is 3.12 bits per heavy atom. The van der Waals surface area contributed by atoms with E-state index >= 15 is 0 Å². The first-order valence-electron chi connectivity index (χ1n) is 5.75. The Balaban J connectivity index is 1.97. The maximum atomic E-state index is 5.86. The summed E-state index contributed by atoms with van der Waals surface area (Å²) in [5, 5.41) is 0. The molecular formula is C12H15N3O2. The number of nitrogens with two attached hydrogens (primary N) is 1. The molecule has 2 heterocycles. The highest BCUT2D eigenvalue weighted by atomic mass is 16.5. The van der Waals surface area contributed by atoms with E-state index in [4.69, 9.17) is 14.9 Å². The second kappa shape index (κ2) is 3.92. The summed E-state index contributed by atoms with van der Waals surface area (Å²) in [6.45, 7) is 4.35. The summed E-state index contributed by atoms with van der Waals surface area (Å²) in [4.78, 5) is 6.54. The van der Waals surface area contributed by atoms with Gasteiger partial charge in [0.05, 0.1) is 18.4 Å². The minimum Gasteiger partial charge on any atom is -0.423 e. The van der Waals surface area contributed by atoms with Crippen LogP contribution in [0.4, 0.5) is 11.7 Å². The number of nitrogen functional groups attached to an aromatic ring is 1. The number of fused-ring (bicyclic) bond motifs is 1. The standard InChI is InChI=1S/C12H15N3O2/c1-8-7-15(5-6-16-8)12-14-11-9(13)3-2-4-10(11)17-12/h2-4,8H,5-7,13H2,1H3. The van der Waals surface area contributed by atoms with Crippen LogP contribution in [0, 0.1) is 0 Å². The van der Waals surface area contributed by atoms with Gasteiger partial charge in [0.15, 0.2) is 5.58 Å². The second-order valence-corrected chi connectivity index (χ2v) is 4.32. The number of para-hydroxylation sites is 1. The van der Waals surface area contributed by atoms with Crippen LogP contribution in [0.5, 0.6) is 0 Å². The number of oxazole rings is 1. The lowest BCUT2D eigenvalue weighted by Crippen LogP contribution is -2.41. The quantitative estimate of drug-likeness (QED) is 0.758. The van der Waals surface area contributed by atoms with Gasteiger partial charge >= 0.3 is 0 Å². The molecule has 1 saturated heterocycles. The molecule has 2 aromatic rings. The Morgan fingerprint density at radius 2 is 2.35 bits per heavy atom. The predicted octanol–water partition coefficient (Wildman–Crippen LogP) is 1.64. The predicted molar refractivity (Wildman–Crippen MR) is 66.0 cm³/mol. The summed E-state index contributed by atoms with van der Waals surface area (Å²) in [7, 11) is 0. The average molecular weight is 233 g/mol. The molecule has 1 aliphatic heterocycles. The molecule has 5 heteroatoms. The average Bonchev–Trinajstić information content (AvgIpc) is 2.74. The van der Waals surface area contributed by atoms with E-state index in [-0.39, 0.29) is 6.10 Å². The minimum atomic E-state index is 0.205. The molecule has 1 unspecified atom stereocenters. The van der Waals surface area contributed by atoms with Gasteiger partial charge in [0, 0.05) is 13.1 Å². The highest BCUT2D eigenvalue weighted by Gasteiger charge is 2.21. The fourth-order valence-corrected chi connectivity index (χ4v) is 2.09. The van der Waals surface area contributed by atoms with E-state index in [1.54, 1.807) is 0 Å². The van der Waals surface area contributed by atoms with Gasteiger partial charge in [-0.1, -0.05) is 6.07 Å². The molecular weight excluding hydrogens is 218 g/mol. The van der Waals surface area contributed by atoms with E-state index in [2.05, 4.69) is 9.88 Å². The maximum absolute atomic E-state index is 5.86. The molecule has 0 saturated carbocycles. The SMILES string of the molecule is CC1CN(c2nc3c(N)cccc3o2)CCO1. The Kier molecular flexibility index (Phi) is 2.40. The highest BCUT2D eigenvalue weighted by Crippen LogP contribution is 2.26. The lowest BCUT2D eigenvalue weighted by Gasteiger charge is -2.29. The maximum Gasteiger partial charge on any atom is 0.298 e. The molecule has 0 aliphatic carbocycles. The molecule has 1 aromatic carbocycles. The lowest BCUT2D eigenvalue weighted by atomic mass is 10.3. The monoisotopic (exact) mass is 233 g/mol. The summed E-state index contributed by atoms with van der Waals surface area (Å²) in [5.74, 6) is 0. The first kappa shape index (κ1) is 10.4. The van der Waals surface area contributed by atoms with Crippen LogP contribution in [0.25, 0.3) is 11.1 Å². The van der Waals surface area contributed by atoms with Crippen molar-refractivity contribution in [1.82, 2.24) is 4.98 Å². The fraction of sp³-hybridized carbons (Fsp3) is 0.417. The first-order chi connectivity index (χ1) is 8.24. The van der Waals surface area contributed by atoms with Crippen molar-refractivity contribution in [3.63, 3.8) is 0 Å². The molecule has 0 bridgehead atoms. The number of benzene rings is 1. The van der Waals surface area contributed by atoms with E-state index in [9.17, 15) is 0 Å². The van der Waals surface area contributed by atoms with Crippen molar-refractivity contribution in [3.8, 4) is 0 Å². The molecule has 1 atom stereocenters. The number of morpholine rings is 1. The van der Waals surface area contributed by atoms with Crippen molar-refractivity contribution in [3.05, 3.63) is 18.2 Å². The summed E-state index contributed by atoms with van der Waals surface area (Å²) < 4.78 is 11.2. The van der Waals surface area contributed by atoms with Crippen LogP contribution in [-0.4, -0.2) is 30.8 Å². The second-order valence-electron chi connectivity index (χ2n) is 4.32. The van der Waals surface area contributed by atoms with Gasteiger partial charge < -0.3 is 19.8 Å². The van der Waals surface area contributed by atoms with E-state index in [0.717, 1.165) is 24.2 Å². The molecule has 1 aliphatic rings. The van der Waals surface area contributed by atoms with E-state index < -0.39 is 0 Å². The zero-order valence-corrected chi connectivity index (χ0v) is 9.72. The largest absolute Gasteiger partial charge is 0.423 e. The smallest absolute Gasteiger partial charge is 0.298 e. The third-order valence-corrected chi connectivity index (χ3v) is 2.95. The number of anilines is 2. The number of ether oxygens (including phenoxy) is 1. The molecule has 5 nitrogen and oxygen atoms in total. The molecule has 0 spiro atoms. The molecule has 1 aromatic heterocycles. The van der Waals surface area contributed by atoms with Gasteiger partial charge in [0.25, 0.3) is 6.01 Å². The van der Waals surface area contributed by atoms with Crippen LogP contribution in [0.1, 0.15) is 6.92 Å². The van der Waals surface area contributed by atoms with Gasteiger partial charge in [-0.2, -0.15) is 4.98 Å². The summed E-state index contributed by atoms with van der Waals surface area (Å²) in [5.41, 5.74) is 7.99. The molecule has 0 amide bonds. The van der Waals surface area contributed by atoms with Crippen LogP contribution in [-0.2, 0) is 4.74 Å². The number of rotatable bonds is 1. The fourth-order valence-electron chi connectivity index (χ4n) is 2.09. The van der Waals surface area contributed by atoms with Gasteiger partial charge in [-0.3, -0.25) is 0 Å². The normalized spacial score (nSPS) is 21.0. The minimum absolute atomic E-state index is 0.205. The number of nitrogens with zero attached hydrogens (tertiary/aromatic N) is 2. The van der Waals surface area contributed by atoms with Crippen molar-refractivity contribution >= 4 is 22.8 Å². The third-order valence-electron chi connectivity index (χ3n) is 2.95. The molecule has 1 fully saturated rings. The van der Waals surface area contributed by atoms with E-state index in [1.165, 1.54) is 0 Å². The third kappa shape index (κ3) is 1.82. The van der Waals surface area contributed by atoms with Crippen LogP contribution < -0.4 is 10.6 Å². The van der Waals surface area contributed by atoms with E-state index in [0.29, 0.717) is 18.3 Å². The van der Waals surface area contributed by atoms with E-state index in [1.807, 2.05) is 25.1 Å². The van der Waals surface area contributed by atoms with Crippen molar-refractivity contribution in [2.75, 3.05) is 30.3 Å². The number of hydrogen-bond donors (Lipinski definition) is 1. The first-order valence-corrected chi connectivity index (χ1v) is 5.75. The zero-order chi connectivity index (χ0) is 11.8. The molecule has 0 radical (unpaired) electrons. The van der Waals surface area contributed by atoms with Gasteiger partial charge in [-0.15, -0.1) is 0 Å². The van der Waals surface area contributed by atoms with Gasteiger partial charge in [-0.05, 0) is 19.1 Å². The summed E-state index contributed by atoms with van der Waals surface area (Å²) in [6, 6.07) is 6.21. The van der Waals surface area contributed by atoms with Crippen molar-refractivity contribution in [2.24, 2.45) is 0 Å². The highest BCUT2D eigenvalue weighted by molar-refractivity contribution is 5.86. The Bertz CT molecular complexity index is 538. The Morgan fingerprint density at radius 1 is 1.47 bits per heavy atom. The van der Waals surface area contributed by atoms with Crippen molar-refractivity contribution in [1.29, 1.82) is 0 Å². The lowest BCUT2D eigenvalue weighted by molar-refractivity contribution is 0.0515. The summed E-state index contributed by atoms with van der Waals surface area (Å²) >= 11 is 0. The zero-order valence-electron chi connectivity index (χ0n) is 9.72. The Hall–Kier alpha value is -1.75. The topological polar surface area (TPSA) is 64.5 Å². The number of aromatic nitrogens is 1.